The van der Waals surface area contributed by atoms with Crippen LogP contribution in [0.2, 0.25) is 0 Å². The van der Waals surface area contributed by atoms with Gasteiger partial charge in [0.2, 0.25) is 0 Å². The maximum Gasteiger partial charge on any atom is 0.472 e. The first-order valence-corrected chi connectivity index (χ1v) is 23.1. The fourth-order valence-electron chi connectivity index (χ4n) is 4.89. The van der Waals surface area contributed by atoms with Crippen molar-refractivity contribution in [1.29, 1.82) is 0 Å². The van der Waals surface area contributed by atoms with Crippen LogP contribution in [0, 0.1) is 0 Å². The zero-order valence-electron chi connectivity index (χ0n) is 36.2. The fraction of sp³-hybridized carbons (Fsp3) is 0.521. The highest BCUT2D eigenvalue weighted by atomic mass is 31.2. The zero-order valence-corrected chi connectivity index (χ0v) is 37.1. The van der Waals surface area contributed by atoms with Gasteiger partial charge in [-0.25, -0.2) is 4.57 Å². The second kappa shape index (κ2) is 41.6. The minimum absolute atomic E-state index is 0.101. The molecule has 11 nitrogen and oxygen atoms in total. The lowest BCUT2D eigenvalue weighted by Crippen LogP contribution is -2.34. The van der Waals surface area contributed by atoms with E-state index in [1.807, 2.05) is 12.2 Å². The lowest BCUT2D eigenvalue weighted by atomic mass is 10.1. The van der Waals surface area contributed by atoms with Crippen LogP contribution in [0.25, 0.3) is 0 Å². The highest BCUT2D eigenvalue weighted by molar-refractivity contribution is 7.47. The van der Waals surface area contributed by atoms with Crippen LogP contribution in [0.3, 0.4) is 0 Å². The van der Waals surface area contributed by atoms with Gasteiger partial charge in [0.25, 0.3) is 0 Å². The number of rotatable bonds is 38. The van der Waals surface area contributed by atoms with Gasteiger partial charge in [0.1, 0.15) is 12.6 Å². The average molecular weight is 856 g/mol. The van der Waals surface area contributed by atoms with Crippen molar-refractivity contribution < 1.29 is 47.5 Å². The number of hydrogen-bond acceptors (Lipinski definition) is 9. The molecule has 0 saturated heterocycles. The number of hydrogen-bond donors (Lipinski definition) is 3. The first kappa shape index (κ1) is 55.9. The van der Waals surface area contributed by atoms with E-state index in [-0.39, 0.29) is 12.8 Å². The molecule has 60 heavy (non-hydrogen) atoms. The molecule has 336 valence electrons. The molecule has 0 radical (unpaired) electrons. The first-order chi connectivity index (χ1) is 29.1. The Balaban J connectivity index is 4.56. The van der Waals surface area contributed by atoms with Gasteiger partial charge in [0, 0.05) is 12.8 Å². The number of nitrogens with two attached hydrogens (primary N) is 1. The van der Waals surface area contributed by atoms with Gasteiger partial charge < -0.3 is 25.2 Å². The summed E-state index contributed by atoms with van der Waals surface area (Å²) < 4.78 is 32.6. The summed E-state index contributed by atoms with van der Waals surface area (Å²) in [5, 5.41) is 8.89. The van der Waals surface area contributed by atoms with Gasteiger partial charge in [0.05, 0.1) is 13.2 Å². The van der Waals surface area contributed by atoms with Gasteiger partial charge >= 0.3 is 25.7 Å². The molecular weight excluding hydrogens is 781 g/mol. The summed E-state index contributed by atoms with van der Waals surface area (Å²) in [7, 11) is -4.75. The Labute approximate surface area is 360 Å². The van der Waals surface area contributed by atoms with Crippen molar-refractivity contribution in [2.24, 2.45) is 5.73 Å². The third-order valence-corrected chi connectivity index (χ3v) is 9.16. The van der Waals surface area contributed by atoms with Crippen LogP contribution in [-0.2, 0) is 37.5 Å². The lowest BCUT2D eigenvalue weighted by molar-refractivity contribution is -0.161. The Hall–Kier alpha value is -4.12. The molecule has 0 amide bonds. The third kappa shape index (κ3) is 40.7. The molecule has 0 fully saturated rings. The number of unbranched alkanes of at least 4 members (excludes halogenated alkanes) is 4. The molecule has 0 aliphatic rings. The summed E-state index contributed by atoms with van der Waals surface area (Å²) in [5.41, 5.74) is 5.33. The molecule has 0 rings (SSSR count). The van der Waals surface area contributed by atoms with Crippen molar-refractivity contribution in [2.75, 3.05) is 19.8 Å². The van der Waals surface area contributed by atoms with Crippen LogP contribution < -0.4 is 5.73 Å². The predicted octanol–water partition coefficient (Wildman–Crippen LogP) is 11.6. The third-order valence-electron chi connectivity index (χ3n) is 8.21. The molecule has 0 bridgehead atoms. The van der Waals surface area contributed by atoms with Crippen LogP contribution in [-0.4, -0.2) is 59.9 Å². The molecule has 0 aromatic heterocycles. The second-order valence-electron chi connectivity index (χ2n) is 13.7. The SMILES string of the molecule is CC/C=C\C/C=C\C/C=C\C/C=C\C/C=C\CCCCCC(=O)OC(COC(=O)CCC/C=C\C/C=C\C/C=C\C/C=C\C/C=C\CC)COP(=O)(O)OCC(N)C(=O)O. The van der Waals surface area contributed by atoms with E-state index in [1.165, 1.54) is 0 Å². The van der Waals surface area contributed by atoms with E-state index < -0.39 is 57.7 Å². The van der Waals surface area contributed by atoms with E-state index >= 15 is 0 Å². The van der Waals surface area contributed by atoms with Crippen LogP contribution >= 0.6 is 7.82 Å². The van der Waals surface area contributed by atoms with E-state index in [2.05, 4.69) is 128 Å². The van der Waals surface area contributed by atoms with Crippen molar-refractivity contribution >= 4 is 25.7 Å². The maximum absolute atomic E-state index is 12.6. The summed E-state index contributed by atoms with van der Waals surface area (Å²) in [5.74, 6) is -2.52. The van der Waals surface area contributed by atoms with E-state index in [9.17, 15) is 23.8 Å². The average Bonchev–Trinajstić information content (AvgIpc) is 3.22. The molecule has 3 unspecified atom stereocenters. The van der Waals surface area contributed by atoms with Crippen LogP contribution in [0.1, 0.15) is 129 Å². The van der Waals surface area contributed by atoms with Crippen LogP contribution in [0.4, 0.5) is 0 Å². The largest absolute Gasteiger partial charge is 0.480 e. The molecule has 4 N–H and O–H groups in total. The minimum Gasteiger partial charge on any atom is -0.480 e. The van der Waals surface area contributed by atoms with E-state index in [1.54, 1.807) is 0 Å². The van der Waals surface area contributed by atoms with Gasteiger partial charge in [-0.2, -0.15) is 0 Å². The van der Waals surface area contributed by atoms with Crippen LogP contribution in [0.5, 0.6) is 0 Å². The normalized spacial score (nSPS) is 14.9. The molecule has 3 atom stereocenters. The zero-order chi connectivity index (χ0) is 44.2. The Morgan fingerprint density at radius 3 is 1.33 bits per heavy atom. The quantitative estimate of drug-likeness (QED) is 0.0233. The van der Waals surface area contributed by atoms with Crippen LogP contribution in [0.15, 0.2) is 122 Å². The Bertz CT molecular complexity index is 1470. The number of aliphatic carboxylic acids is 1. The number of allylic oxidation sites excluding steroid dienone is 20. The summed E-state index contributed by atoms with van der Waals surface area (Å²) in [6.45, 7) is 2.45. The Kier molecular flexibility index (Phi) is 38.8. The van der Waals surface area contributed by atoms with Gasteiger partial charge in [-0.05, 0) is 96.3 Å². The summed E-state index contributed by atoms with van der Waals surface area (Å²) in [6, 6.07) is -1.54. The van der Waals surface area contributed by atoms with Crippen molar-refractivity contribution in [1.82, 2.24) is 0 Å². The van der Waals surface area contributed by atoms with Gasteiger partial charge in [-0.15, -0.1) is 0 Å². The van der Waals surface area contributed by atoms with Gasteiger partial charge in [0.15, 0.2) is 6.10 Å². The van der Waals surface area contributed by atoms with Crippen molar-refractivity contribution in [2.45, 2.75) is 142 Å². The maximum atomic E-state index is 12.6. The molecule has 0 aromatic carbocycles. The van der Waals surface area contributed by atoms with Crippen molar-refractivity contribution in [3.05, 3.63) is 122 Å². The number of esters is 2. The van der Waals surface area contributed by atoms with Gasteiger partial charge in [-0.3, -0.25) is 23.4 Å². The van der Waals surface area contributed by atoms with Crippen molar-refractivity contribution in [3.63, 3.8) is 0 Å². The number of phosphoric acid groups is 1. The number of phosphoric ester groups is 1. The topological polar surface area (TPSA) is 172 Å². The standard InChI is InChI=1S/C48H74NO10P/c1-3-5-7-9-11-13-15-17-19-21-22-24-26-28-30-32-34-36-38-40-47(51)59-44(42-57-60(54,55)58-43-45(49)48(52)53)41-56-46(50)39-37-35-33-31-29-27-25-23-20-18-16-14-12-10-8-6-4-2/h5-8,11-14,17-20,22,24-25,27-28,30-31,33,44-45H,3-4,9-10,15-16,21,23,26,29,32,34-43,49H2,1-2H3,(H,52,53)(H,54,55)/b7-5-,8-6-,13-11-,14-12-,19-17-,20-18-,24-22-,27-25-,30-28-,33-31-. The fourth-order valence-corrected chi connectivity index (χ4v) is 5.67. The molecule has 0 aliphatic carbocycles. The first-order valence-electron chi connectivity index (χ1n) is 21.6. The summed E-state index contributed by atoms with van der Waals surface area (Å²) in [6.07, 6.45) is 55.6. The molecule has 0 aliphatic heterocycles. The molecule has 0 saturated carbocycles. The second-order valence-corrected chi connectivity index (χ2v) is 15.2. The van der Waals surface area contributed by atoms with E-state index in [0.717, 1.165) is 83.5 Å². The molecule has 12 heteroatoms. The van der Waals surface area contributed by atoms with E-state index in [4.69, 9.17) is 24.8 Å². The molecular formula is C48H74NO10P. The predicted molar refractivity (Wildman–Crippen MR) is 244 cm³/mol. The summed E-state index contributed by atoms with van der Waals surface area (Å²) >= 11 is 0. The van der Waals surface area contributed by atoms with E-state index in [0.29, 0.717) is 19.3 Å². The number of carbonyl (C=O) groups excluding carboxylic acids is 2. The molecule has 0 heterocycles. The van der Waals surface area contributed by atoms with Gasteiger partial charge in [-0.1, -0.05) is 142 Å². The number of ether oxygens (including phenoxy) is 2. The number of carboxylic acids is 1. The monoisotopic (exact) mass is 856 g/mol. The number of carbonyl (C=O) groups is 3. The highest BCUT2D eigenvalue weighted by Crippen LogP contribution is 2.43. The lowest BCUT2D eigenvalue weighted by Gasteiger charge is -2.20. The minimum atomic E-state index is -4.75. The van der Waals surface area contributed by atoms with Crippen molar-refractivity contribution in [3.8, 4) is 0 Å². The number of carboxylic acid groups (broad SMARTS) is 1. The summed E-state index contributed by atoms with van der Waals surface area (Å²) in [4.78, 5) is 46.0. The Morgan fingerprint density at radius 2 is 0.900 bits per heavy atom. The highest BCUT2D eigenvalue weighted by Gasteiger charge is 2.28. The molecule has 0 spiro atoms. The Morgan fingerprint density at radius 1 is 0.517 bits per heavy atom. The molecule has 0 aromatic rings. The smallest absolute Gasteiger partial charge is 0.472 e.